The molecule has 0 aliphatic heterocycles. The number of benzene rings is 1. The third-order valence-corrected chi connectivity index (χ3v) is 2.09. The lowest BCUT2D eigenvalue weighted by atomic mass is 10.2. The fourth-order valence-electron chi connectivity index (χ4n) is 1.18. The molecule has 0 heterocycles. The highest BCUT2D eigenvalue weighted by atomic mass is 16.4. The minimum absolute atomic E-state index is 0.224. The van der Waals surface area contributed by atoms with E-state index in [1.165, 1.54) is 0 Å². The zero-order valence-corrected chi connectivity index (χ0v) is 9.43. The molecule has 1 atom stereocenters. The second-order valence-corrected chi connectivity index (χ2v) is 3.63. The van der Waals surface area contributed by atoms with Crippen LogP contribution >= 0.6 is 0 Å². The van der Waals surface area contributed by atoms with Gasteiger partial charge >= 0.3 is 6.09 Å². The highest BCUT2D eigenvalue weighted by molar-refractivity contribution is 5.83. The van der Waals surface area contributed by atoms with Gasteiger partial charge in [-0.2, -0.15) is 0 Å². The normalized spacial score (nSPS) is 11.6. The van der Waals surface area contributed by atoms with Gasteiger partial charge in [0.25, 0.3) is 0 Å². The predicted octanol–water partition coefficient (Wildman–Crippen LogP) is 0.740. The summed E-state index contributed by atoms with van der Waals surface area (Å²) in [7, 11) is 0. The average Bonchev–Trinajstić information content (AvgIpc) is 2.26. The summed E-state index contributed by atoms with van der Waals surface area (Å²) >= 11 is 0. The fraction of sp³-hybridized carbons (Fsp3) is 0.273. The lowest BCUT2D eigenvalue weighted by Gasteiger charge is -2.08. The Morgan fingerprint density at radius 1 is 1.35 bits per heavy atom. The molecule has 0 radical (unpaired) electrons. The van der Waals surface area contributed by atoms with E-state index in [1.54, 1.807) is 31.2 Å². The quantitative estimate of drug-likeness (QED) is 0.619. The van der Waals surface area contributed by atoms with Crippen LogP contribution in [0.1, 0.15) is 12.5 Å². The summed E-state index contributed by atoms with van der Waals surface area (Å²) in [5.74, 6) is -0.224. The number of carbonyl (C=O) groups excluding carboxylic acids is 1. The Balaban J connectivity index is 2.51. The lowest BCUT2D eigenvalue weighted by Crippen LogP contribution is -2.37. The van der Waals surface area contributed by atoms with Crippen molar-refractivity contribution in [3.8, 4) is 0 Å². The third kappa shape index (κ3) is 4.52. The summed E-state index contributed by atoms with van der Waals surface area (Å²) in [6.45, 7) is 1.98. The summed E-state index contributed by atoms with van der Waals surface area (Å²) in [5, 5.41) is 13.4. The SMILES string of the molecule is CC(N)C(=O)NCc1ccc(NC(=O)O)cc1. The minimum atomic E-state index is -1.11. The Hall–Kier alpha value is -2.08. The molecule has 1 unspecified atom stereocenters. The van der Waals surface area contributed by atoms with E-state index in [2.05, 4.69) is 10.6 Å². The first-order valence-corrected chi connectivity index (χ1v) is 5.11. The molecule has 0 fully saturated rings. The maximum Gasteiger partial charge on any atom is 0.409 e. The molecule has 1 aromatic carbocycles. The van der Waals surface area contributed by atoms with Crippen molar-refractivity contribution in [1.29, 1.82) is 0 Å². The van der Waals surface area contributed by atoms with E-state index in [1.807, 2.05) is 0 Å². The Morgan fingerprint density at radius 3 is 2.41 bits per heavy atom. The number of carboxylic acid groups (broad SMARTS) is 1. The number of amides is 2. The number of nitrogens with two attached hydrogens (primary N) is 1. The van der Waals surface area contributed by atoms with Crippen LogP contribution in [-0.2, 0) is 11.3 Å². The lowest BCUT2D eigenvalue weighted by molar-refractivity contribution is -0.122. The molecule has 0 saturated carbocycles. The maximum absolute atomic E-state index is 11.2. The molecule has 0 aliphatic rings. The van der Waals surface area contributed by atoms with Gasteiger partial charge in [-0.25, -0.2) is 4.79 Å². The van der Waals surface area contributed by atoms with Crippen LogP contribution in [0.2, 0.25) is 0 Å². The molecule has 1 rings (SSSR count). The van der Waals surface area contributed by atoms with E-state index in [0.717, 1.165) is 5.56 Å². The topological polar surface area (TPSA) is 104 Å². The standard InChI is InChI=1S/C11H15N3O3/c1-7(12)10(15)13-6-8-2-4-9(5-3-8)14-11(16)17/h2-5,7,14H,6,12H2,1H3,(H,13,15)(H,16,17). The second-order valence-electron chi connectivity index (χ2n) is 3.63. The van der Waals surface area contributed by atoms with Crippen LogP contribution in [0.15, 0.2) is 24.3 Å². The Bertz CT molecular complexity index is 401. The van der Waals surface area contributed by atoms with Gasteiger partial charge in [-0.3, -0.25) is 10.1 Å². The predicted molar refractivity (Wildman–Crippen MR) is 63.6 cm³/mol. The number of hydrogen-bond donors (Lipinski definition) is 4. The molecular weight excluding hydrogens is 222 g/mol. The van der Waals surface area contributed by atoms with Crippen molar-refractivity contribution in [2.75, 3.05) is 5.32 Å². The van der Waals surface area contributed by atoms with Gasteiger partial charge in [0.15, 0.2) is 0 Å². The van der Waals surface area contributed by atoms with Crippen molar-refractivity contribution in [3.63, 3.8) is 0 Å². The third-order valence-electron chi connectivity index (χ3n) is 2.09. The average molecular weight is 237 g/mol. The summed E-state index contributed by atoms with van der Waals surface area (Å²) < 4.78 is 0. The molecule has 17 heavy (non-hydrogen) atoms. The molecule has 6 nitrogen and oxygen atoms in total. The Morgan fingerprint density at radius 2 is 1.94 bits per heavy atom. The zero-order valence-electron chi connectivity index (χ0n) is 9.43. The van der Waals surface area contributed by atoms with Gasteiger partial charge in [0, 0.05) is 12.2 Å². The Labute approximate surface area is 98.8 Å². The van der Waals surface area contributed by atoms with E-state index in [4.69, 9.17) is 10.8 Å². The highest BCUT2D eigenvalue weighted by Crippen LogP contribution is 2.09. The van der Waals surface area contributed by atoms with Gasteiger partial charge in [0.1, 0.15) is 0 Å². The molecule has 0 bridgehead atoms. The maximum atomic E-state index is 11.2. The van der Waals surface area contributed by atoms with Gasteiger partial charge in [-0.1, -0.05) is 12.1 Å². The highest BCUT2D eigenvalue weighted by Gasteiger charge is 2.06. The van der Waals surface area contributed by atoms with Crippen molar-refractivity contribution >= 4 is 17.7 Å². The summed E-state index contributed by atoms with van der Waals surface area (Å²) in [5.41, 5.74) is 6.75. The number of rotatable bonds is 4. The molecule has 5 N–H and O–H groups in total. The van der Waals surface area contributed by atoms with E-state index in [9.17, 15) is 9.59 Å². The van der Waals surface area contributed by atoms with E-state index < -0.39 is 12.1 Å². The van der Waals surface area contributed by atoms with Crippen LogP contribution in [-0.4, -0.2) is 23.1 Å². The van der Waals surface area contributed by atoms with Crippen LogP contribution in [0, 0.1) is 0 Å². The van der Waals surface area contributed by atoms with E-state index >= 15 is 0 Å². The van der Waals surface area contributed by atoms with E-state index in [-0.39, 0.29) is 5.91 Å². The smallest absolute Gasteiger partial charge is 0.409 e. The first-order valence-electron chi connectivity index (χ1n) is 5.11. The van der Waals surface area contributed by atoms with Crippen molar-refractivity contribution in [3.05, 3.63) is 29.8 Å². The summed E-state index contributed by atoms with van der Waals surface area (Å²) in [4.78, 5) is 21.6. The van der Waals surface area contributed by atoms with Crippen molar-refractivity contribution in [2.24, 2.45) is 5.73 Å². The first-order chi connectivity index (χ1) is 7.99. The fourth-order valence-corrected chi connectivity index (χ4v) is 1.18. The van der Waals surface area contributed by atoms with Gasteiger partial charge < -0.3 is 16.2 Å². The first kappa shape index (κ1) is 13.0. The molecule has 0 aromatic heterocycles. The molecule has 2 amide bonds. The molecule has 92 valence electrons. The zero-order chi connectivity index (χ0) is 12.8. The van der Waals surface area contributed by atoms with Gasteiger partial charge in [0.2, 0.25) is 5.91 Å². The second kappa shape index (κ2) is 5.86. The number of nitrogens with one attached hydrogen (secondary N) is 2. The van der Waals surface area contributed by atoms with Crippen molar-refractivity contribution in [2.45, 2.75) is 19.5 Å². The van der Waals surface area contributed by atoms with Gasteiger partial charge in [-0.15, -0.1) is 0 Å². The van der Waals surface area contributed by atoms with Gasteiger partial charge in [-0.05, 0) is 24.6 Å². The molecule has 0 spiro atoms. The molecule has 1 aromatic rings. The Kier molecular flexibility index (Phi) is 4.47. The molecule has 6 heteroatoms. The van der Waals surface area contributed by atoms with Crippen LogP contribution in [0.4, 0.5) is 10.5 Å². The number of anilines is 1. The number of carbonyl (C=O) groups is 2. The summed E-state index contributed by atoms with van der Waals surface area (Å²) in [6.07, 6.45) is -1.11. The van der Waals surface area contributed by atoms with Crippen LogP contribution in [0.3, 0.4) is 0 Å². The van der Waals surface area contributed by atoms with Crippen molar-refractivity contribution < 1.29 is 14.7 Å². The van der Waals surface area contributed by atoms with Crippen LogP contribution < -0.4 is 16.4 Å². The number of hydrogen-bond acceptors (Lipinski definition) is 3. The largest absolute Gasteiger partial charge is 0.465 e. The van der Waals surface area contributed by atoms with Crippen LogP contribution in [0.5, 0.6) is 0 Å². The van der Waals surface area contributed by atoms with E-state index in [0.29, 0.717) is 12.2 Å². The minimum Gasteiger partial charge on any atom is -0.465 e. The monoisotopic (exact) mass is 237 g/mol. The molecular formula is C11H15N3O3. The van der Waals surface area contributed by atoms with Gasteiger partial charge in [0.05, 0.1) is 6.04 Å². The van der Waals surface area contributed by atoms with Crippen LogP contribution in [0.25, 0.3) is 0 Å². The summed E-state index contributed by atoms with van der Waals surface area (Å²) in [6, 6.07) is 6.17. The molecule has 0 aliphatic carbocycles. The molecule has 0 saturated heterocycles. The van der Waals surface area contributed by atoms with Crippen molar-refractivity contribution in [1.82, 2.24) is 5.32 Å².